The van der Waals surface area contributed by atoms with Crippen molar-refractivity contribution in [2.75, 3.05) is 22.3 Å². The molecule has 1 amide bonds. The third-order valence-electron chi connectivity index (χ3n) is 5.38. The highest BCUT2D eigenvalue weighted by atomic mass is 32.2. The minimum atomic E-state index is -3.66. The summed E-state index contributed by atoms with van der Waals surface area (Å²) < 4.78 is 27.4. The summed E-state index contributed by atoms with van der Waals surface area (Å²) in [6.45, 7) is 2.77. The van der Waals surface area contributed by atoms with Gasteiger partial charge in [-0.15, -0.1) is 0 Å². The Kier molecular flexibility index (Phi) is 5.59. The van der Waals surface area contributed by atoms with Crippen LogP contribution < -0.4 is 9.21 Å². The summed E-state index contributed by atoms with van der Waals surface area (Å²) in [5.74, 6) is -0.0670. The average Bonchev–Trinajstić information content (AvgIpc) is 2.79. The predicted octanol–water partition coefficient (Wildman–Crippen LogP) is 4.49. The zero-order valence-electron chi connectivity index (χ0n) is 16.9. The molecule has 0 saturated heterocycles. The number of aryl methyl sites for hydroxylation is 1. The molecule has 4 rings (SSSR count). The van der Waals surface area contributed by atoms with Crippen molar-refractivity contribution in [2.45, 2.75) is 24.7 Å². The van der Waals surface area contributed by atoms with Crippen molar-refractivity contribution < 1.29 is 13.2 Å². The molecule has 3 aromatic rings. The Balaban J connectivity index is 1.61. The molecule has 1 heterocycles. The highest BCUT2D eigenvalue weighted by molar-refractivity contribution is 7.92. The van der Waals surface area contributed by atoms with E-state index in [0.29, 0.717) is 24.3 Å². The fraction of sp³-hybridized carbons (Fsp3) is 0.208. The van der Waals surface area contributed by atoms with Crippen molar-refractivity contribution in [3.05, 3.63) is 90.0 Å². The first-order valence-corrected chi connectivity index (χ1v) is 11.5. The molecule has 5 nitrogen and oxygen atoms in total. The van der Waals surface area contributed by atoms with E-state index in [4.69, 9.17) is 0 Å². The fourth-order valence-electron chi connectivity index (χ4n) is 3.88. The summed E-state index contributed by atoms with van der Waals surface area (Å²) in [5, 5.41) is 0. The lowest BCUT2D eigenvalue weighted by atomic mass is 10.0. The molecule has 0 fully saturated rings. The second-order valence-electron chi connectivity index (χ2n) is 7.22. The van der Waals surface area contributed by atoms with Gasteiger partial charge in [-0.25, -0.2) is 8.42 Å². The molecular formula is C24H24N2O3S. The van der Waals surface area contributed by atoms with Crippen LogP contribution in [0.5, 0.6) is 0 Å². The number of para-hydroxylation sites is 1. The summed E-state index contributed by atoms with van der Waals surface area (Å²) >= 11 is 0. The first-order valence-electron chi connectivity index (χ1n) is 10.1. The van der Waals surface area contributed by atoms with E-state index < -0.39 is 10.0 Å². The highest BCUT2D eigenvalue weighted by Crippen LogP contribution is 2.29. The number of carbonyl (C=O) groups is 1. The van der Waals surface area contributed by atoms with E-state index in [2.05, 4.69) is 6.07 Å². The molecule has 30 heavy (non-hydrogen) atoms. The van der Waals surface area contributed by atoms with Crippen LogP contribution in [0.3, 0.4) is 0 Å². The van der Waals surface area contributed by atoms with Crippen molar-refractivity contribution in [3.8, 4) is 0 Å². The van der Waals surface area contributed by atoms with E-state index in [9.17, 15) is 13.2 Å². The molecule has 0 aliphatic carbocycles. The van der Waals surface area contributed by atoms with Gasteiger partial charge in [-0.05, 0) is 67.8 Å². The number of carbonyl (C=O) groups excluding carboxylic acids is 1. The lowest BCUT2D eigenvalue weighted by molar-refractivity contribution is 0.0985. The Labute approximate surface area is 177 Å². The van der Waals surface area contributed by atoms with Crippen molar-refractivity contribution >= 4 is 27.3 Å². The number of hydrogen-bond donors (Lipinski definition) is 0. The molecule has 6 heteroatoms. The van der Waals surface area contributed by atoms with Gasteiger partial charge in [0.25, 0.3) is 15.9 Å². The molecule has 0 saturated carbocycles. The number of amides is 1. The summed E-state index contributed by atoms with van der Waals surface area (Å²) in [6, 6.07) is 23.2. The Morgan fingerprint density at radius 3 is 2.30 bits per heavy atom. The number of hydrogen-bond acceptors (Lipinski definition) is 3. The number of rotatable bonds is 5. The van der Waals surface area contributed by atoms with Crippen LogP contribution in [0.2, 0.25) is 0 Å². The van der Waals surface area contributed by atoms with Gasteiger partial charge in [0.15, 0.2) is 0 Å². The molecular weight excluding hydrogens is 396 g/mol. The quantitative estimate of drug-likeness (QED) is 0.611. The first-order chi connectivity index (χ1) is 14.5. The Morgan fingerprint density at radius 1 is 0.933 bits per heavy atom. The number of anilines is 2. The van der Waals surface area contributed by atoms with E-state index in [1.165, 1.54) is 9.87 Å². The molecule has 0 spiro atoms. The molecule has 0 N–H and O–H groups in total. The highest BCUT2D eigenvalue weighted by Gasteiger charge is 2.25. The summed E-state index contributed by atoms with van der Waals surface area (Å²) in [4.78, 5) is 15.2. The smallest absolute Gasteiger partial charge is 0.264 e. The normalized spacial score (nSPS) is 13.6. The molecule has 154 valence electrons. The third-order valence-corrected chi connectivity index (χ3v) is 7.29. The lowest BCUT2D eigenvalue weighted by Gasteiger charge is -2.29. The monoisotopic (exact) mass is 420 g/mol. The number of benzene rings is 3. The largest absolute Gasteiger partial charge is 0.308 e. The molecule has 0 radical (unpaired) electrons. The molecule has 1 aliphatic heterocycles. The van der Waals surface area contributed by atoms with Gasteiger partial charge >= 0.3 is 0 Å². The molecule has 1 aliphatic rings. The van der Waals surface area contributed by atoms with Crippen LogP contribution in [-0.2, 0) is 16.4 Å². The van der Waals surface area contributed by atoms with Crippen LogP contribution in [0.1, 0.15) is 29.3 Å². The fourth-order valence-corrected chi connectivity index (χ4v) is 5.38. The first kappa shape index (κ1) is 20.2. The number of nitrogens with zero attached hydrogens (tertiary/aromatic N) is 2. The maximum atomic E-state index is 13.1. The van der Waals surface area contributed by atoms with Gasteiger partial charge in [-0.2, -0.15) is 0 Å². The summed E-state index contributed by atoms with van der Waals surface area (Å²) in [7, 11) is -3.66. The van der Waals surface area contributed by atoms with E-state index >= 15 is 0 Å². The maximum Gasteiger partial charge on any atom is 0.264 e. The van der Waals surface area contributed by atoms with Crippen LogP contribution in [-0.4, -0.2) is 27.4 Å². The minimum absolute atomic E-state index is 0.0670. The Morgan fingerprint density at radius 2 is 1.60 bits per heavy atom. The zero-order chi connectivity index (χ0) is 21.1. The Hall–Kier alpha value is -3.12. The second kappa shape index (κ2) is 8.32. The van der Waals surface area contributed by atoms with Crippen molar-refractivity contribution in [1.29, 1.82) is 0 Å². The van der Waals surface area contributed by atoms with Gasteiger partial charge in [0.2, 0.25) is 0 Å². The van der Waals surface area contributed by atoms with Crippen LogP contribution in [0.4, 0.5) is 11.4 Å². The van der Waals surface area contributed by atoms with Gasteiger partial charge in [-0.1, -0.05) is 36.4 Å². The minimum Gasteiger partial charge on any atom is -0.308 e. The van der Waals surface area contributed by atoms with Crippen molar-refractivity contribution in [1.82, 2.24) is 0 Å². The summed E-state index contributed by atoms with van der Waals surface area (Å²) in [5.41, 5.74) is 3.22. The van der Waals surface area contributed by atoms with E-state index in [1.807, 2.05) is 23.1 Å². The van der Waals surface area contributed by atoms with E-state index in [0.717, 1.165) is 18.5 Å². The topological polar surface area (TPSA) is 57.7 Å². The van der Waals surface area contributed by atoms with Crippen LogP contribution in [0, 0.1) is 0 Å². The van der Waals surface area contributed by atoms with E-state index in [1.54, 1.807) is 61.5 Å². The van der Waals surface area contributed by atoms with Gasteiger partial charge in [0, 0.05) is 24.3 Å². The predicted molar refractivity (Wildman–Crippen MR) is 120 cm³/mol. The molecule has 0 unspecified atom stereocenters. The van der Waals surface area contributed by atoms with Crippen LogP contribution >= 0.6 is 0 Å². The third kappa shape index (κ3) is 3.71. The lowest BCUT2D eigenvalue weighted by Crippen LogP contribution is -2.35. The molecule has 0 atom stereocenters. The van der Waals surface area contributed by atoms with Crippen LogP contribution in [0.15, 0.2) is 83.8 Å². The van der Waals surface area contributed by atoms with Gasteiger partial charge in [0.1, 0.15) is 0 Å². The maximum absolute atomic E-state index is 13.1. The molecule has 0 bridgehead atoms. The van der Waals surface area contributed by atoms with Crippen molar-refractivity contribution in [2.24, 2.45) is 0 Å². The van der Waals surface area contributed by atoms with Crippen molar-refractivity contribution in [3.63, 3.8) is 0 Å². The molecule has 3 aromatic carbocycles. The van der Waals surface area contributed by atoms with Gasteiger partial charge < -0.3 is 4.90 Å². The zero-order valence-corrected chi connectivity index (χ0v) is 17.7. The number of sulfonamides is 1. The SMILES string of the molecule is CCN(c1ccc(C(=O)N2CCCc3ccccc32)cc1)S(=O)(=O)c1ccccc1. The van der Waals surface area contributed by atoms with E-state index in [-0.39, 0.29) is 10.8 Å². The van der Waals surface area contributed by atoms with Gasteiger partial charge in [-0.3, -0.25) is 9.10 Å². The Bertz CT molecular complexity index is 1140. The molecule has 0 aromatic heterocycles. The summed E-state index contributed by atoms with van der Waals surface area (Å²) in [6.07, 6.45) is 1.90. The number of fused-ring (bicyclic) bond motifs is 1. The van der Waals surface area contributed by atoms with Crippen LogP contribution in [0.25, 0.3) is 0 Å². The second-order valence-corrected chi connectivity index (χ2v) is 9.08. The standard InChI is InChI=1S/C24H24N2O3S/c1-2-26(30(28,29)22-11-4-3-5-12-22)21-16-14-20(15-17-21)24(27)25-18-8-10-19-9-6-7-13-23(19)25/h3-7,9,11-17H,2,8,10,18H2,1H3. The average molecular weight is 421 g/mol. The van der Waals surface area contributed by atoms with Gasteiger partial charge in [0.05, 0.1) is 10.6 Å².